The van der Waals surface area contributed by atoms with Crippen LogP contribution in [0, 0.1) is 0 Å². The van der Waals surface area contributed by atoms with Crippen LogP contribution in [0.1, 0.15) is 18.6 Å². The lowest BCUT2D eigenvalue weighted by Gasteiger charge is -1.95. The van der Waals surface area contributed by atoms with E-state index < -0.39 is 0 Å². The quantitative estimate of drug-likeness (QED) is 0.602. The van der Waals surface area contributed by atoms with Crippen LogP contribution in [0.2, 0.25) is 0 Å². The van der Waals surface area contributed by atoms with E-state index >= 15 is 0 Å². The molecular weight excluding hydrogens is 140 g/mol. The second-order valence-corrected chi connectivity index (χ2v) is 1.99. The molecule has 11 heavy (non-hydrogen) atoms. The van der Waals surface area contributed by atoms with Gasteiger partial charge in [0.05, 0.1) is 0 Å². The van der Waals surface area contributed by atoms with Gasteiger partial charge in [0.25, 0.3) is 0 Å². The van der Waals surface area contributed by atoms with Gasteiger partial charge in [0.2, 0.25) is 0 Å². The molecule has 0 aliphatic carbocycles. The van der Waals surface area contributed by atoms with Crippen molar-refractivity contribution in [1.29, 1.82) is 0 Å². The van der Waals surface area contributed by atoms with Crippen LogP contribution in [0.5, 0.6) is 0 Å². The molecule has 0 atom stereocenters. The van der Waals surface area contributed by atoms with Gasteiger partial charge >= 0.3 is 0 Å². The molecule has 0 radical (unpaired) electrons. The van der Waals surface area contributed by atoms with Crippen molar-refractivity contribution in [3.05, 3.63) is 18.2 Å². The van der Waals surface area contributed by atoms with Gasteiger partial charge in [-0.05, 0) is 6.08 Å². The molecule has 4 nitrogen and oxygen atoms in total. The van der Waals surface area contributed by atoms with Gasteiger partial charge in [-0.2, -0.15) is 9.78 Å². The highest BCUT2D eigenvalue weighted by molar-refractivity contribution is 5.37. The zero-order chi connectivity index (χ0) is 8.27. The summed E-state index contributed by atoms with van der Waals surface area (Å²) in [5.74, 6) is 1.44. The zero-order valence-corrected chi connectivity index (χ0v) is 6.49. The topological polar surface area (TPSA) is 43.1 Å². The van der Waals surface area contributed by atoms with Gasteiger partial charge in [-0.1, -0.05) is 13.5 Å². The summed E-state index contributed by atoms with van der Waals surface area (Å²) in [6, 6.07) is 0. The monoisotopic (exact) mass is 150 g/mol. The molecule has 0 amide bonds. The fourth-order valence-corrected chi connectivity index (χ4v) is 0.828. The van der Waals surface area contributed by atoms with Crippen LogP contribution in [0.4, 0.5) is 0 Å². The Hall–Kier alpha value is -1.45. The molecule has 1 rings (SSSR count). The Bertz CT molecular complexity index is 274. The maximum atomic E-state index is 3.88. The highest BCUT2D eigenvalue weighted by atomic mass is 15.4. The lowest BCUT2D eigenvalue weighted by Crippen LogP contribution is -1.96. The third-order valence-corrected chi connectivity index (χ3v) is 1.37. The van der Waals surface area contributed by atoms with Gasteiger partial charge in [-0.25, -0.2) is 0 Å². The van der Waals surface area contributed by atoms with Crippen LogP contribution in [-0.2, 0) is 6.42 Å². The SMILES string of the molecule is C=Cc1nnc(CC)n1N=C. The molecule has 4 heteroatoms. The highest BCUT2D eigenvalue weighted by Gasteiger charge is 2.04. The second-order valence-electron chi connectivity index (χ2n) is 1.99. The summed E-state index contributed by atoms with van der Waals surface area (Å²) in [4.78, 5) is 0. The Morgan fingerprint density at radius 3 is 2.82 bits per heavy atom. The molecule has 0 saturated heterocycles. The van der Waals surface area contributed by atoms with Crippen LogP contribution >= 0.6 is 0 Å². The van der Waals surface area contributed by atoms with Gasteiger partial charge in [0, 0.05) is 13.1 Å². The van der Waals surface area contributed by atoms with Gasteiger partial charge in [0.1, 0.15) is 0 Å². The molecular formula is C7H10N4. The fourth-order valence-electron chi connectivity index (χ4n) is 0.828. The molecule has 1 aromatic rings. The number of aromatic nitrogens is 3. The maximum Gasteiger partial charge on any atom is 0.177 e. The van der Waals surface area contributed by atoms with Crippen molar-refractivity contribution in [1.82, 2.24) is 14.9 Å². The molecule has 0 bridgehead atoms. The van der Waals surface area contributed by atoms with Crippen LogP contribution < -0.4 is 0 Å². The third-order valence-electron chi connectivity index (χ3n) is 1.37. The molecule has 0 N–H and O–H groups in total. The van der Waals surface area contributed by atoms with Crippen molar-refractivity contribution in [2.24, 2.45) is 5.10 Å². The first-order valence-corrected chi connectivity index (χ1v) is 3.37. The first kappa shape index (κ1) is 7.65. The van der Waals surface area contributed by atoms with Crippen LogP contribution in [-0.4, -0.2) is 21.6 Å². The molecule has 0 spiro atoms. The molecule has 1 heterocycles. The summed E-state index contributed by atoms with van der Waals surface area (Å²) in [6.45, 7) is 8.97. The Balaban J connectivity index is 3.18. The highest BCUT2D eigenvalue weighted by Crippen LogP contribution is 2.02. The Morgan fingerprint density at radius 1 is 1.64 bits per heavy atom. The number of rotatable bonds is 3. The Morgan fingerprint density at radius 2 is 2.36 bits per heavy atom. The van der Waals surface area contributed by atoms with E-state index in [0.717, 1.165) is 12.2 Å². The first-order chi connectivity index (χ1) is 5.33. The van der Waals surface area contributed by atoms with Crippen molar-refractivity contribution in [3.8, 4) is 0 Å². The maximum absolute atomic E-state index is 3.88. The average molecular weight is 150 g/mol. The lowest BCUT2D eigenvalue weighted by atomic mass is 10.5. The van der Waals surface area contributed by atoms with Gasteiger partial charge in [0.15, 0.2) is 11.6 Å². The van der Waals surface area contributed by atoms with E-state index in [2.05, 4.69) is 28.6 Å². The van der Waals surface area contributed by atoms with Crippen LogP contribution in [0.3, 0.4) is 0 Å². The smallest absolute Gasteiger partial charge is 0.177 e. The second kappa shape index (κ2) is 3.09. The van der Waals surface area contributed by atoms with Gasteiger partial charge < -0.3 is 0 Å². The van der Waals surface area contributed by atoms with E-state index in [-0.39, 0.29) is 0 Å². The molecule has 0 fully saturated rings. The summed E-state index contributed by atoms with van der Waals surface area (Å²) < 4.78 is 1.58. The molecule has 0 aromatic carbocycles. The van der Waals surface area contributed by atoms with Gasteiger partial charge in [-0.15, -0.1) is 10.2 Å². The van der Waals surface area contributed by atoms with Crippen molar-refractivity contribution in [2.45, 2.75) is 13.3 Å². The van der Waals surface area contributed by atoms with Crippen molar-refractivity contribution in [2.75, 3.05) is 0 Å². The number of hydrogen-bond acceptors (Lipinski definition) is 3. The minimum absolute atomic E-state index is 0.636. The zero-order valence-electron chi connectivity index (χ0n) is 6.49. The molecule has 0 aliphatic heterocycles. The molecule has 58 valence electrons. The third kappa shape index (κ3) is 1.19. The van der Waals surface area contributed by atoms with E-state index in [1.807, 2.05) is 6.92 Å². The van der Waals surface area contributed by atoms with E-state index in [1.54, 1.807) is 10.8 Å². The van der Waals surface area contributed by atoms with E-state index in [9.17, 15) is 0 Å². The summed E-state index contributed by atoms with van der Waals surface area (Å²) in [7, 11) is 0. The van der Waals surface area contributed by atoms with Crippen molar-refractivity contribution >= 4 is 12.8 Å². The standard InChI is InChI=1S/C7H10N4/c1-4-6-9-10-7(5-2)11(6)8-3/h4H,1,3,5H2,2H3. The fraction of sp³-hybridized carbons (Fsp3) is 0.286. The molecule has 0 unspecified atom stereocenters. The predicted octanol–water partition coefficient (Wildman–Crippen LogP) is 0.947. The largest absolute Gasteiger partial charge is 0.198 e. The number of hydrogen-bond donors (Lipinski definition) is 0. The normalized spacial score (nSPS) is 9.55. The van der Waals surface area contributed by atoms with Crippen molar-refractivity contribution in [3.63, 3.8) is 0 Å². The van der Waals surface area contributed by atoms with Gasteiger partial charge in [-0.3, -0.25) is 0 Å². The summed E-state index contributed by atoms with van der Waals surface area (Å²) in [6.07, 6.45) is 2.39. The minimum atomic E-state index is 0.636. The summed E-state index contributed by atoms with van der Waals surface area (Å²) in [5.41, 5.74) is 0. The van der Waals surface area contributed by atoms with Crippen LogP contribution in [0.25, 0.3) is 6.08 Å². The van der Waals surface area contributed by atoms with E-state index in [4.69, 9.17) is 0 Å². The Labute approximate surface area is 65.3 Å². The van der Waals surface area contributed by atoms with E-state index in [1.165, 1.54) is 0 Å². The minimum Gasteiger partial charge on any atom is -0.198 e. The van der Waals surface area contributed by atoms with Crippen molar-refractivity contribution < 1.29 is 0 Å². The van der Waals surface area contributed by atoms with Crippen LogP contribution in [0.15, 0.2) is 11.7 Å². The number of nitrogens with zero attached hydrogens (tertiary/aromatic N) is 4. The number of aryl methyl sites for hydroxylation is 1. The lowest BCUT2D eigenvalue weighted by molar-refractivity contribution is 0.784. The first-order valence-electron chi connectivity index (χ1n) is 3.37. The molecule has 0 aliphatic rings. The van der Waals surface area contributed by atoms with E-state index in [0.29, 0.717) is 5.82 Å². The molecule has 1 aromatic heterocycles. The predicted molar refractivity (Wildman–Crippen MR) is 44.4 cm³/mol. The summed E-state index contributed by atoms with van der Waals surface area (Å²) in [5, 5.41) is 11.5. The molecule has 0 saturated carbocycles. The summed E-state index contributed by atoms with van der Waals surface area (Å²) >= 11 is 0. The average Bonchev–Trinajstić information content (AvgIpc) is 2.45. The Kier molecular flexibility index (Phi) is 2.15.